The van der Waals surface area contributed by atoms with Crippen molar-refractivity contribution in [3.05, 3.63) is 65.7 Å². The number of hydrogen-bond acceptors (Lipinski definition) is 7. The maximum atomic E-state index is 12.6. The maximum absolute atomic E-state index is 12.6. The first kappa shape index (κ1) is 23.0. The second kappa shape index (κ2) is 10.6. The number of benzene rings is 2. The van der Waals surface area contributed by atoms with Crippen LogP contribution in [0.4, 0.5) is 0 Å². The van der Waals surface area contributed by atoms with E-state index >= 15 is 0 Å². The highest BCUT2D eigenvalue weighted by Gasteiger charge is 2.52. The van der Waals surface area contributed by atoms with Gasteiger partial charge in [0.05, 0.1) is 13.2 Å². The zero-order valence-corrected chi connectivity index (χ0v) is 17.9. The Morgan fingerprint density at radius 3 is 1.84 bits per heavy atom. The Morgan fingerprint density at radius 1 is 0.812 bits per heavy atom. The van der Waals surface area contributed by atoms with E-state index in [0.717, 1.165) is 5.56 Å². The molecule has 0 aliphatic carbocycles. The van der Waals surface area contributed by atoms with Crippen LogP contribution in [-0.4, -0.2) is 37.0 Å². The Balaban J connectivity index is 1.90. The second-order valence-electron chi connectivity index (χ2n) is 7.18. The lowest BCUT2D eigenvalue weighted by molar-refractivity contribution is -0.163. The van der Waals surface area contributed by atoms with E-state index in [9.17, 15) is 19.2 Å². The van der Waals surface area contributed by atoms with Crippen LogP contribution in [0, 0.1) is 11.8 Å². The molecule has 0 saturated carbocycles. The Labute approximate surface area is 185 Å². The van der Waals surface area contributed by atoms with E-state index in [-0.39, 0.29) is 13.2 Å². The Kier molecular flexibility index (Phi) is 7.59. The molecule has 0 radical (unpaired) electrons. The van der Waals surface area contributed by atoms with Gasteiger partial charge in [0.2, 0.25) is 11.8 Å². The van der Waals surface area contributed by atoms with Crippen molar-refractivity contribution < 1.29 is 33.4 Å². The van der Waals surface area contributed by atoms with Crippen molar-refractivity contribution >= 4 is 23.8 Å². The number of nitrogens with one attached hydrogen (secondary N) is 1. The van der Waals surface area contributed by atoms with E-state index in [1.165, 1.54) is 0 Å². The molecule has 1 N–H and O–H groups in total. The molecule has 1 aliphatic heterocycles. The van der Waals surface area contributed by atoms with Crippen molar-refractivity contribution in [1.29, 1.82) is 0 Å². The van der Waals surface area contributed by atoms with Crippen LogP contribution in [-0.2, 0) is 35.3 Å². The van der Waals surface area contributed by atoms with Crippen molar-refractivity contribution in [2.24, 2.45) is 11.8 Å². The molecule has 32 heavy (non-hydrogen) atoms. The van der Waals surface area contributed by atoms with Gasteiger partial charge in [-0.3, -0.25) is 24.5 Å². The highest BCUT2D eigenvalue weighted by atomic mass is 16.5. The van der Waals surface area contributed by atoms with Crippen LogP contribution >= 0.6 is 0 Å². The lowest BCUT2D eigenvalue weighted by atomic mass is 9.73. The van der Waals surface area contributed by atoms with Gasteiger partial charge in [0.15, 0.2) is 0 Å². The minimum absolute atomic E-state index is 0.0552. The summed E-state index contributed by atoms with van der Waals surface area (Å²) >= 11 is 0. The van der Waals surface area contributed by atoms with E-state index in [4.69, 9.17) is 14.2 Å². The molecule has 8 heteroatoms. The molecule has 0 spiro atoms. The van der Waals surface area contributed by atoms with Crippen molar-refractivity contribution in [3.63, 3.8) is 0 Å². The third kappa shape index (κ3) is 5.14. The molecule has 1 heterocycles. The number of ether oxygens (including phenoxy) is 3. The average Bonchev–Trinajstić information content (AvgIpc) is 2.78. The molecule has 2 aromatic carbocycles. The Morgan fingerprint density at radius 2 is 1.34 bits per heavy atom. The molecule has 2 unspecified atom stereocenters. The smallest absolute Gasteiger partial charge is 0.319 e. The maximum Gasteiger partial charge on any atom is 0.319 e. The number of rotatable bonds is 8. The lowest BCUT2D eigenvalue weighted by Crippen LogP contribution is -2.56. The van der Waals surface area contributed by atoms with E-state index in [2.05, 4.69) is 5.32 Å². The number of piperidine rings is 1. The van der Waals surface area contributed by atoms with Crippen LogP contribution in [0.25, 0.3) is 0 Å². The summed E-state index contributed by atoms with van der Waals surface area (Å²) in [5.74, 6) is -6.44. The van der Waals surface area contributed by atoms with Crippen LogP contribution in [0.2, 0.25) is 0 Å². The zero-order valence-electron chi connectivity index (χ0n) is 17.9. The summed E-state index contributed by atoms with van der Waals surface area (Å²) in [4.78, 5) is 50.3. The van der Waals surface area contributed by atoms with Gasteiger partial charge < -0.3 is 14.2 Å². The van der Waals surface area contributed by atoms with Crippen LogP contribution in [0.3, 0.4) is 0 Å². The van der Waals surface area contributed by atoms with Gasteiger partial charge in [-0.1, -0.05) is 42.5 Å². The summed E-state index contributed by atoms with van der Waals surface area (Å²) in [5.41, 5.74) is 1.45. The van der Waals surface area contributed by atoms with Gasteiger partial charge in [-0.25, -0.2) is 0 Å². The van der Waals surface area contributed by atoms with Crippen molar-refractivity contribution in [3.8, 4) is 5.75 Å². The lowest BCUT2D eigenvalue weighted by Gasteiger charge is -2.34. The predicted octanol–water partition coefficient (Wildman–Crippen LogP) is 2.36. The number of esters is 2. The topological polar surface area (TPSA) is 108 Å². The van der Waals surface area contributed by atoms with Crippen LogP contribution < -0.4 is 10.1 Å². The summed E-state index contributed by atoms with van der Waals surface area (Å²) in [6.07, 6.45) is 0. The molecule has 168 valence electrons. The fourth-order valence-corrected chi connectivity index (χ4v) is 3.68. The van der Waals surface area contributed by atoms with Crippen molar-refractivity contribution in [2.45, 2.75) is 26.4 Å². The first-order valence-electron chi connectivity index (χ1n) is 10.4. The molecule has 3 rings (SSSR count). The average molecular weight is 439 g/mol. The molecule has 0 aromatic heterocycles. The third-order valence-electron chi connectivity index (χ3n) is 5.12. The summed E-state index contributed by atoms with van der Waals surface area (Å²) < 4.78 is 15.9. The van der Waals surface area contributed by atoms with E-state index < -0.39 is 41.5 Å². The van der Waals surface area contributed by atoms with Crippen molar-refractivity contribution in [1.82, 2.24) is 5.32 Å². The van der Waals surface area contributed by atoms with Gasteiger partial charge in [-0.15, -0.1) is 0 Å². The molecular weight excluding hydrogens is 414 g/mol. The minimum Gasteiger partial charge on any atom is -0.489 e. The number of carbonyl (C=O) groups is 4. The Bertz CT molecular complexity index is 936. The van der Waals surface area contributed by atoms with Gasteiger partial charge in [-0.2, -0.15) is 0 Å². The molecule has 2 atom stereocenters. The number of imide groups is 1. The van der Waals surface area contributed by atoms with E-state index in [0.29, 0.717) is 17.9 Å². The van der Waals surface area contributed by atoms with Gasteiger partial charge in [0.25, 0.3) is 0 Å². The summed E-state index contributed by atoms with van der Waals surface area (Å²) in [6.45, 7) is 3.70. The van der Waals surface area contributed by atoms with Gasteiger partial charge in [-0.05, 0) is 37.1 Å². The predicted molar refractivity (Wildman–Crippen MR) is 113 cm³/mol. The van der Waals surface area contributed by atoms with Gasteiger partial charge in [0, 0.05) is 5.92 Å². The van der Waals surface area contributed by atoms with E-state index in [1.807, 2.05) is 30.3 Å². The second-order valence-corrected chi connectivity index (χ2v) is 7.18. The molecule has 2 aromatic rings. The molecule has 1 saturated heterocycles. The Hall–Kier alpha value is -3.68. The quantitative estimate of drug-likeness (QED) is 0.382. The van der Waals surface area contributed by atoms with Crippen LogP contribution in [0.15, 0.2) is 54.6 Å². The fourth-order valence-electron chi connectivity index (χ4n) is 3.68. The van der Waals surface area contributed by atoms with Gasteiger partial charge >= 0.3 is 11.9 Å². The first-order chi connectivity index (χ1) is 15.5. The monoisotopic (exact) mass is 439 g/mol. The molecular formula is C24H25NO7. The first-order valence-corrected chi connectivity index (χ1v) is 10.4. The zero-order chi connectivity index (χ0) is 23.1. The van der Waals surface area contributed by atoms with Gasteiger partial charge in [0.1, 0.15) is 24.2 Å². The minimum atomic E-state index is -1.36. The fraction of sp³-hybridized carbons (Fsp3) is 0.333. The molecule has 1 fully saturated rings. The molecule has 0 bridgehead atoms. The van der Waals surface area contributed by atoms with Crippen LogP contribution in [0.1, 0.15) is 30.9 Å². The largest absolute Gasteiger partial charge is 0.489 e. The molecule has 8 nitrogen and oxygen atoms in total. The number of hydrogen-bond donors (Lipinski definition) is 1. The molecule has 2 amide bonds. The van der Waals surface area contributed by atoms with Crippen LogP contribution in [0.5, 0.6) is 5.75 Å². The van der Waals surface area contributed by atoms with Crippen molar-refractivity contribution in [2.75, 3.05) is 13.2 Å². The highest BCUT2D eigenvalue weighted by Crippen LogP contribution is 2.38. The number of carbonyl (C=O) groups excluding carboxylic acids is 4. The standard InChI is InChI=1S/C24H25NO7/c1-3-30-23(28)19-18(20(24(29)31-4-2)22(27)25-21(19)26)16-10-12-17(13-11-16)32-14-15-8-6-5-7-9-15/h5-13,18-20H,3-4,14H2,1-2H3,(H,25,26,27). The summed E-state index contributed by atoms with van der Waals surface area (Å²) in [6, 6.07) is 16.2. The SMILES string of the molecule is CCOC(=O)C1C(=O)NC(=O)C(C(=O)OCC)C1c1ccc(OCc2ccccc2)cc1. The van der Waals surface area contributed by atoms with E-state index in [1.54, 1.807) is 38.1 Å². The summed E-state index contributed by atoms with van der Waals surface area (Å²) in [5, 5.41) is 2.10. The normalized spacial score (nSPS) is 20.2. The highest BCUT2D eigenvalue weighted by molar-refractivity contribution is 6.14. The summed E-state index contributed by atoms with van der Waals surface area (Å²) in [7, 11) is 0. The molecule has 1 aliphatic rings. The third-order valence-corrected chi connectivity index (χ3v) is 5.12. The number of amides is 2.